The Morgan fingerprint density at radius 3 is 1.15 bits per heavy atom. The lowest BCUT2D eigenvalue weighted by Gasteiger charge is -2.26. The van der Waals surface area contributed by atoms with E-state index in [1.54, 1.807) is 36.1 Å². The number of rotatable bonds is 16. The first-order valence-corrected chi connectivity index (χ1v) is 28.8. The Bertz CT molecular complexity index is 3340. The fraction of sp³-hybridized carbons (Fsp3) is 0.353. The number of ether oxygens (including phenoxy) is 4. The first kappa shape index (κ1) is 59.7. The second-order valence-corrected chi connectivity index (χ2v) is 23.4. The van der Waals surface area contributed by atoms with Crippen molar-refractivity contribution in [3.63, 3.8) is 0 Å². The largest absolute Gasteiger partial charge is 0.507 e. The first-order valence-electron chi connectivity index (χ1n) is 28.8. The number of amides is 2. The van der Waals surface area contributed by atoms with Gasteiger partial charge in [0.2, 0.25) is 0 Å². The van der Waals surface area contributed by atoms with Gasteiger partial charge in [0, 0.05) is 49.9 Å². The lowest BCUT2D eigenvalue weighted by atomic mass is 9.81. The number of fused-ring (bicyclic) bond motifs is 10. The summed E-state index contributed by atoms with van der Waals surface area (Å²) in [7, 11) is 0. The molecule has 0 spiro atoms. The third kappa shape index (κ3) is 13.0. The smallest absolute Gasteiger partial charge is 0.344 e. The van der Waals surface area contributed by atoms with Crippen molar-refractivity contribution < 1.29 is 48.3 Å². The van der Waals surface area contributed by atoms with E-state index in [1.165, 1.54) is 0 Å². The molecule has 6 aromatic rings. The Kier molecular flexibility index (Phi) is 18.0. The summed E-state index contributed by atoms with van der Waals surface area (Å²) < 4.78 is 23.9. The van der Waals surface area contributed by atoms with Crippen molar-refractivity contribution >= 4 is 59.0 Å². The Balaban J connectivity index is 1.27. The average molecular weight is 1140 g/mol. The molecular formula is C68H74N6O10. The zero-order valence-corrected chi connectivity index (χ0v) is 49.7. The first-order chi connectivity index (χ1) is 40.2. The molecule has 0 fully saturated rings. The number of nitrogens with zero attached hydrogens (tertiary/aromatic N) is 6. The van der Waals surface area contributed by atoms with Crippen LogP contribution in [0.2, 0.25) is 0 Å². The van der Waals surface area contributed by atoms with Gasteiger partial charge in [-0.2, -0.15) is 10.2 Å². The van der Waals surface area contributed by atoms with Gasteiger partial charge in [0.25, 0.3) is 11.8 Å². The summed E-state index contributed by atoms with van der Waals surface area (Å²) >= 11 is 0. The van der Waals surface area contributed by atoms with Gasteiger partial charge in [-0.1, -0.05) is 116 Å². The third-order valence-corrected chi connectivity index (χ3v) is 15.0. The van der Waals surface area contributed by atoms with Crippen LogP contribution in [-0.2, 0) is 65.2 Å². The van der Waals surface area contributed by atoms with E-state index in [0.29, 0.717) is 91.3 Å². The molecule has 8 bridgehead atoms. The molecule has 84 heavy (non-hydrogen) atoms. The monoisotopic (exact) mass is 1130 g/mol. The number of esters is 2. The maximum absolute atomic E-state index is 13.8. The Morgan fingerprint density at radius 2 is 0.845 bits per heavy atom. The highest BCUT2D eigenvalue weighted by Gasteiger charge is 2.35. The van der Waals surface area contributed by atoms with Crippen LogP contribution in [0.4, 0.5) is 11.4 Å². The van der Waals surface area contributed by atoms with E-state index in [2.05, 4.69) is 61.9 Å². The van der Waals surface area contributed by atoms with Gasteiger partial charge in [0.15, 0.2) is 24.6 Å². The van der Waals surface area contributed by atoms with E-state index in [-0.39, 0.29) is 73.6 Å². The number of para-hydroxylation sites is 2. The van der Waals surface area contributed by atoms with Crippen LogP contribution in [0.3, 0.4) is 0 Å². The molecule has 0 saturated carbocycles. The van der Waals surface area contributed by atoms with Crippen molar-refractivity contribution in [2.24, 2.45) is 20.4 Å². The lowest BCUT2D eigenvalue weighted by Crippen LogP contribution is -2.30. The van der Waals surface area contributed by atoms with Crippen molar-refractivity contribution in [1.29, 1.82) is 0 Å². The topological polar surface area (TPSA) is 202 Å². The van der Waals surface area contributed by atoms with Gasteiger partial charge in [-0.25, -0.2) is 9.59 Å². The van der Waals surface area contributed by atoms with Gasteiger partial charge in [-0.3, -0.25) is 9.59 Å². The fourth-order valence-electron chi connectivity index (χ4n) is 10.9. The molecule has 1 aliphatic carbocycles. The molecule has 436 valence electrons. The maximum atomic E-state index is 13.8. The number of benzene rings is 6. The summed E-state index contributed by atoms with van der Waals surface area (Å²) in [5, 5.41) is 43.7. The third-order valence-electron chi connectivity index (χ3n) is 15.0. The molecule has 0 saturated heterocycles. The van der Waals surface area contributed by atoms with Crippen LogP contribution in [0.25, 0.3) is 0 Å². The molecule has 9 rings (SSSR count). The standard InChI is InChI=1S/C68H74N6O10/c1-11-23-73-55-21-17-15-19-53(55)59(65(73)79)71-69-37-41-25-43-29-47-33-51(67(5,6)7)35-49(63(47)83-39-57(75)81-13-3)31-45-27-42(38-70-72-60-54-20-16-18-22-56(54)74(24-12-2)66(60)80)28-46(62(45)78)32-50-36-52(68(8,9)10)34-48(30-44(26-41)61(43)77)64(50)84-40-58(76)82-14-4/h15-22,25-28,33-38,77-78H,11-14,23-24,29-32,39-40H2,1-10H3/b69-37+,70-38+,71-59-,72-60+. The number of carbonyl (C=O) groups is 4. The second kappa shape index (κ2) is 25.3. The van der Waals surface area contributed by atoms with E-state index in [4.69, 9.17) is 18.9 Å². The number of phenolic OH excluding ortho intramolecular Hbond substituents is 2. The number of anilines is 2. The highest BCUT2D eigenvalue weighted by atomic mass is 16.6. The Labute approximate surface area is 491 Å². The van der Waals surface area contributed by atoms with Gasteiger partial charge < -0.3 is 39.0 Å². The molecule has 2 N–H and O–H groups in total. The van der Waals surface area contributed by atoms with Gasteiger partial charge in [-0.15, -0.1) is 10.2 Å². The number of aromatic hydroxyl groups is 2. The van der Waals surface area contributed by atoms with Crippen molar-refractivity contribution in [2.45, 2.75) is 119 Å². The summed E-state index contributed by atoms with van der Waals surface area (Å²) in [5.74, 6) is -0.959. The fourth-order valence-corrected chi connectivity index (χ4v) is 10.9. The van der Waals surface area contributed by atoms with Crippen LogP contribution < -0.4 is 19.3 Å². The van der Waals surface area contributed by atoms with E-state index in [1.807, 2.05) is 111 Å². The highest BCUT2D eigenvalue weighted by Crippen LogP contribution is 2.43. The molecule has 16 heteroatoms. The van der Waals surface area contributed by atoms with E-state index < -0.39 is 36.0 Å². The van der Waals surface area contributed by atoms with E-state index in [0.717, 1.165) is 35.3 Å². The zero-order valence-electron chi connectivity index (χ0n) is 49.7. The van der Waals surface area contributed by atoms with Crippen LogP contribution in [0.15, 0.2) is 117 Å². The van der Waals surface area contributed by atoms with Gasteiger partial charge >= 0.3 is 11.9 Å². The second-order valence-electron chi connectivity index (χ2n) is 23.4. The number of hydrogen-bond acceptors (Lipinski definition) is 14. The van der Waals surface area contributed by atoms with Gasteiger partial charge in [0.05, 0.1) is 37.0 Å². The molecule has 16 nitrogen and oxygen atoms in total. The van der Waals surface area contributed by atoms with Crippen LogP contribution in [0.5, 0.6) is 23.0 Å². The minimum absolute atomic E-state index is 0.0185. The molecule has 2 amide bonds. The Morgan fingerprint density at radius 1 is 0.512 bits per heavy atom. The molecule has 0 aromatic heterocycles. The number of hydrogen-bond donors (Lipinski definition) is 2. The molecule has 0 radical (unpaired) electrons. The normalized spacial score (nSPS) is 15.1. The van der Waals surface area contributed by atoms with Crippen molar-refractivity contribution in [2.75, 3.05) is 49.3 Å². The van der Waals surface area contributed by atoms with Crippen molar-refractivity contribution in [3.8, 4) is 23.0 Å². The summed E-state index contributed by atoms with van der Waals surface area (Å²) in [4.78, 5) is 57.5. The Hall–Kier alpha value is -8.92. The molecule has 2 heterocycles. The van der Waals surface area contributed by atoms with Crippen LogP contribution >= 0.6 is 0 Å². The maximum Gasteiger partial charge on any atom is 0.344 e. The molecule has 2 aliphatic heterocycles. The summed E-state index contributed by atoms with van der Waals surface area (Å²) in [6.45, 7) is 20.5. The highest BCUT2D eigenvalue weighted by molar-refractivity contribution is 6.55. The molecular weight excluding hydrogens is 1060 g/mol. The number of carbonyl (C=O) groups excluding carboxylic acids is 4. The predicted octanol–water partition coefficient (Wildman–Crippen LogP) is 11.4. The lowest BCUT2D eigenvalue weighted by molar-refractivity contribution is -0.146. The minimum Gasteiger partial charge on any atom is -0.507 e. The SMILES string of the molecule is CCCN1C(=O)/C(=N\N=C\c2cc3c(O)c(c2)Cc2cc(C(C)(C)C)cc(c2OCC(=O)OCC)Cc2cc(/C=N/N=C4/C(=O)N(CCC)c5ccccc54)cc(c2O)Cc2cc(C(C)(C)C)cc(c2OCC(=O)OCC)C3)c2ccccc21. The zero-order chi connectivity index (χ0) is 60.0. The van der Waals surface area contributed by atoms with Crippen LogP contribution in [0.1, 0.15) is 160 Å². The summed E-state index contributed by atoms with van der Waals surface area (Å²) in [5.41, 5.74) is 9.93. The molecule has 0 unspecified atom stereocenters. The van der Waals surface area contributed by atoms with Crippen molar-refractivity contribution in [1.82, 2.24) is 0 Å². The van der Waals surface area contributed by atoms with Crippen LogP contribution in [-0.4, -0.2) is 97.3 Å². The van der Waals surface area contributed by atoms with Gasteiger partial charge in [0.1, 0.15) is 23.0 Å². The van der Waals surface area contributed by atoms with E-state index in [9.17, 15) is 29.4 Å². The number of phenols is 2. The quantitative estimate of drug-likeness (QED) is 0.0533. The van der Waals surface area contributed by atoms with E-state index >= 15 is 0 Å². The summed E-state index contributed by atoms with van der Waals surface area (Å²) in [6.07, 6.45) is 4.98. The molecule has 3 aliphatic rings. The van der Waals surface area contributed by atoms with Crippen LogP contribution in [0, 0.1) is 0 Å². The minimum atomic E-state index is -0.578. The summed E-state index contributed by atoms with van der Waals surface area (Å²) in [6, 6.07) is 30.4. The van der Waals surface area contributed by atoms with Gasteiger partial charge in [-0.05, 0) is 141 Å². The molecule has 0 atom stereocenters. The average Bonchev–Trinajstić information content (AvgIpc) is 3.27. The van der Waals surface area contributed by atoms with Crippen molar-refractivity contribution in [3.05, 3.63) is 175 Å². The molecule has 6 aromatic carbocycles. The predicted molar refractivity (Wildman–Crippen MR) is 328 cm³/mol.